The van der Waals surface area contributed by atoms with Gasteiger partial charge in [-0.1, -0.05) is 6.92 Å². The van der Waals surface area contributed by atoms with E-state index in [9.17, 15) is 4.79 Å². The Bertz CT molecular complexity index is 336. The highest BCUT2D eigenvalue weighted by Crippen LogP contribution is 2.16. The summed E-state index contributed by atoms with van der Waals surface area (Å²) in [5.74, 6) is 0.648. The summed E-state index contributed by atoms with van der Waals surface area (Å²) >= 11 is 0. The van der Waals surface area contributed by atoms with Gasteiger partial charge in [0.1, 0.15) is 6.33 Å². The number of carbonyl (C=O) groups excluding carboxylic acids is 1. The largest absolute Gasteiger partial charge is 0.334 e. The van der Waals surface area contributed by atoms with Crippen LogP contribution in [0.5, 0.6) is 0 Å². The van der Waals surface area contributed by atoms with Crippen molar-refractivity contribution < 1.29 is 4.79 Å². The van der Waals surface area contributed by atoms with Gasteiger partial charge in [-0.2, -0.15) is 5.10 Å². The lowest BCUT2D eigenvalue weighted by Crippen LogP contribution is -2.49. The number of H-pyrrole nitrogens is 1. The van der Waals surface area contributed by atoms with E-state index in [4.69, 9.17) is 5.73 Å². The third-order valence-corrected chi connectivity index (χ3v) is 2.92. The molecule has 2 atom stereocenters. The molecule has 82 valence electrons. The van der Waals surface area contributed by atoms with Crippen molar-refractivity contribution in [1.82, 2.24) is 20.1 Å². The predicted molar refractivity (Wildman–Crippen MR) is 54.0 cm³/mol. The van der Waals surface area contributed by atoms with E-state index < -0.39 is 0 Å². The van der Waals surface area contributed by atoms with Crippen molar-refractivity contribution in [2.24, 2.45) is 11.7 Å². The first-order chi connectivity index (χ1) is 7.18. The van der Waals surface area contributed by atoms with Gasteiger partial charge in [-0.05, 0) is 12.3 Å². The van der Waals surface area contributed by atoms with Crippen molar-refractivity contribution in [2.75, 3.05) is 13.1 Å². The summed E-state index contributed by atoms with van der Waals surface area (Å²) in [5, 5.41) is 6.22. The Balaban J connectivity index is 2.03. The molecular formula is C9H15N5O. The summed E-state index contributed by atoms with van der Waals surface area (Å²) in [5.41, 5.74) is 5.92. The van der Waals surface area contributed by atoms with Crippen LogP contribution in [0.15, 0.2) is 6.33 Å². The van der Waals surface area contributed by atoms with E-state index in [2.05, 4.69) is 22.1 Å². The minimum atomic E-state index is -0.116. The fourth-order valence-electron chi connectivity index (χ4n) is 1.74. The molecule has 15 heavy (non-hydrogen) atoms. The molecule has 2 unspecified atom stereocenters. The number of nitrogens with two attached hydrogens (primary N) is 1. The Kier molecular flexibility index (Phi) is 2.68. The summed E-state index contributed by atoms with van der Waals surface area (Å²) < 4.78 is 0. The van der Waals surface area contributed by atoms with Crippen LogP contribution >= 0.6 is 0 Å². The number of aromatic nitrogens is 3. The summed E-state index contributed by atoms with van der Waals surface area (Å²) in [6.45, 7) is 3.45. The second-order valence-electron chi connectivity index (χ2n) is 4.02. The van der Waals surface area contributed by atoms with Crippen LogP contribution in [0, 0.1) is 5.92 Å². The molecule has 1 aliphatic rings. The lowest BCUT2D eigenvalue weighted by atomic mass is 9.94. The number of nitrogens with one attached hydrogen (secondary N) is 1. The van der Waals surface area contributed by atoms with Crippen LogP contribution in [-0.4, -0.2) is 45.1 Å². The molecule has 0 bridgehead atoms. The molecule has 1 fully saturated rings. The third kappa shape index (κ3) is 1.99. The minimum absolute atomic E-state index is 0.0608. The molecule has 0 aliphatic carbocycles. The summed E-state index contributed by atoms with van der Waals surface area (Å²) in [6, 6.07) is 0.0608. The van der Waals surface area contributed by atoms with Crippen molar-refractivity contribution in [3.8, 4) is 0 Å². The summed E-state index contributed by atoms with van der Waals surface area (Å²) in [7, 11) is 0. The first-order valence-electron chi connectivity index (χ1n) is 5.08. The molecule has 1 aromatic heterocycles. The molecule has 6 heteroatoms. The zero-order valence-corrected chi connectivity index (χ0v) is 8.68. The number of hydrogen-bond acceptors (Lipinski definition) is 4. The van der Waals surface area contributed by atoms with Gasteiger partial charge in [0.15, 0.2) is 0 Å². The average Bonchev–Trinajstić information content (AvgIpc) is 2.74. The fourth-order valence-corrected chi connectivity index (χ4v) is 1.74. The Morgan fingerprint density at radius 3 is 3.13 bits per heavy atom. The number of piperidine rings is 1. The van der Waals surface area contributed by atoms with Crippen molar-refractivity contribution in [3.05, 3.63) is 12.2 Å². The monoisotopic (exact) mass is 209 g/mol. The first-order valence-corrected chi connectivity index (χ1v) is 5.08. The molecule has 2 rings (SSSR count). The van der Waals surface area contributed by atoms with Gasteiger partial charge in [0.25, 0.3) is 5.91 Å². The van der Waals surface area contributed by atoms with Crippen molar-refractivity contribution in [1.29, 1.82) is 0 Å². The maximum atomic E-state index is 11.8. The molecular weight excluding hydrogens is 194 g/mol. The van der Waals surface area contributed by atoms with Gasteiger partial charge >= 0.3 is 0 Å². The molecule has 0 saturated carbocycles. The highest BCUT2D eigenvalue weighted by molar-refractivity contribution is 5.90. The number of aromatic amines is 1. The van der Waals surface area contributed by atoms with Gasteiger partial charge in [0.2, 0.25) is 5.82 Å². The van der Waals surface area contributed by atoms with Crippen molar-refractivity contribution >= 4 is 5.91 Å². The molecule has 1 saturated heterocycles. The van der Waals surface area contributed by atoms with E-state index in [1.54, 1.807) is 4.90 Å². The molecule has 6 nitrogen and oxygen atoms in total. The lowest BCUT2D eigenvalue weighted by Gasteiger charge is -2.34. The van der Waals surface area contributed by atoms with Gasteiger partial charge in [0, 0.05) is 19.1 Å². The van der Waals surface area contributed by atoms with E-state index in [1.807, 2.05) is 0 Å². The first kappa shape index (κ1) is 10.1. The van der Waals surface area contributed by atoms with E-state index >= 15 is 0 Å². The summed E-state index contributed by atoms with van der Waals surface area (Å²) in [6.07, 6.45) is 2.28. The van der Waals surface area contributed by atoms with E-state index in [1.165, 1.54) is 6.33 Å². The van der Waals surface area contributed by atoms with Crippen LogP contribution in [0.1, 0.15) is 24.0 Å². The molecule has 2 heterocycles. The second kappa shape index (κ2) is 3.98. The Hall–Kier alpha value is -1.43. The molecule has 0 radical (unpaired) electrons. The highest BCUT2D eigenvalue weighted by Gasteiger charge is 2.27. The summed E-state index contributed by atoms with van der Waals surface area (Å²) in [4.78, 5) is 17.4. The van der Waals surface area contributed by atoms with Crippen LogP contribution in [0.4, 0.5) is 0 Å². The number of rotatable bonds is 1. The van der Waals surface area contributed by atoms with E-state index in [-0.39, 0.29) is 17.8 Å². The number of carbonyl (C=O) groups is 1. The molecule has 1 aliphatic heterocycles. The molecule has 3 N–H and O–H groups in total. The van der Waals surface area contributed by atoms with Crippen LogP contribution < -0.4 is 5.73 Å². The molecule has 0 aromatic carbocycles. The smallest absolute Gasteiger partial charge is 0.291 e. The van der Waals surface area contributed by atoms with E-state index in [0.29, 0.717) is 12.5 Å². The zero-order valence-electron chi connectivity index (χ0n) is 8.68. The number of hydrogen-bond donors (Lipinski definition) is 2. The topological polar surface area (TPSA) is 87.9 Å². The second-order valence-corrected chi connectivity index (χ2v) is 4.02. The predicted octanol–water partition coefficient (Wildman–Crippen LogP) is -0.386. The number of nitrogens with zero attached hydrogens (tertiary/aromatic N) is 3. The Morgan fingerprint density at radius 1 is 1.73 bits per heavy atom. The van der Waals surface area contributed by atoms with Crippen LogP contribution in [-0.2, 0) is 0 Å². The number of likely N-dealkylation sites (tertiary alicyclic amines) is 1. The van der Waals surface area contributed by atoms with Gasteiger partial charge in [-0.15, -0.1) is 0 Å². The fraction of sp³-hybridized carbons (Fsp3) is 0.667. The SMILES string of the molecule is CC1CCN(C(=O)c2ncn[nH]2)CC1N. The normalized spacial score (nSPS) is 26.7. The maximum absolute atomic E-state index is 11.8. The zero-order chi connectivity index (χ0) is 10.8. The Labute approximate surface area is 87.9 Å². The quantitative estimate of drug-likeness (QED) is 0.659. The standard InChI is InChI=1S/C9H15N5O/c1-6-2-3-14(4-7(6)10)9(15)8-11-5-12-13-8/h5-7H,2-4,10H2,1H3,(H,11,12,13). The molecule has 1 aromatic rings. The maximum Gasteiger partial charge on any atom is 0.291 e. The average molecular weight is 209 g/mol. The van der Waals surface area contributed by atoms with E-state index in [0.717, 1.165) is 13.0 Å². The van der Waals surface area contributed by atoms with Crippen LogP contribution in [0.3, 0.4) is 0 Å². The van der Waals surface area contributed by atoms with Crippen molar-refractivity contribution in [3.63, 3.8) is 0 Å². The highest BCUT2D eigenvalue weighted by atomic mass is 16.2. The van der Waals surface area contributed by atoms with Gasteiger partial charge in [-0.3, -0.25) is 9.89 Å². The lowest BCUT2D eigenvalue weighted by molar-refractivity contribution is 0.0660. The van der Waals surface area contributed by atoms with Crippen LogP contribution in [0.25, 0.3) is 0 Å². The van der Waals surface area contributed by atoms with Gasteiger partial charge in [-0.25, -0.2) is 4.98 Å². The van der Waals surface area contributed by atoms with Gasteiger partial charge in [0.05, 0.1) is 0 Å². The molecule has 0 spiro atoms. The molecule has 1 amide bonds. The Morgan fingerprint density at radius 2 is 2.53 bits per heavy atom. The van der Waals surface area contributed by atoms with Gasteiger partial charge < -0.3 is 10.6 Å². The third-order valence-electron chi connectivity index (χ3n) is 2.92. The number of amides is 1. The van der Waals surface area contributed by atoms with Crippen molar-refractivity contribution in [2.45, 2.75) is 19.4 Å². The van der Waals surface area contributed by atoms with Crippen LogP contribution in [0.2, 0.25) is 0 Å². The minimum Gasteiger partial charge on any atom is -0.334 e.